The highest BCUT2D eigenvalue weighted by Crippen LogP contribution is 2.26. The van der Waals surface area contributed by atoms with Crippen LogP contribution in [0.4, 0.5) is 4.39 Å². The van der Waals surface area contributed by atoms with Crippen molar-refractivity contribution < 1.29 is 23.4 Å². The van der Waals surface area contributed by atoms with Gasteiger partial charge in [0.1, 0.15) is 17.2 Å². The van der Waals surface area contributed by atoms with E-state index in [1.54, 1.807) is 49.5 Å². The standard InChI is InChI=1S/C19H14ClFN2O4/c1-12(19(24)27-16-3-2-8-22-11-16)25-14-4-6-15(7-5-14)26-18-17(21)9-13(20)10-23-18/h2-12H,1H3/t12-/m1/s1. The minimum atomic E-state index is -0.840. The van der Waals surface area contributed by atoms with Gasteiger partial charge in [0.05, 0.1) is 11.2 Å². The van der Waals surface area contributed by atoms with Crippen molar-refractivity contribution in [1.82, 2.24) is 9.97 Å². The van der Waals surface area contributed by atoms with Gasteiger partial charge in [-0.3, -0.25) is 4.98 Å². The van der Waals surface area contributed by atoms with Crippen LogP contribution in [0.2, 0.25) is 5.02 Å². The van der Waals surface area contributed by atoms with E-state index in [0.29, 0.717) is 17.2 Å². The molecule has 3 aromatic rings. The summed E-state index contributed by atoms with van der Waals surface area (Å²) in [7, 11) is 0. The van der Waals surface area contributed by atoms with Crippen molar-refractivity contribution in [3.8, 4) is 23.1 Å². The van der Waals surface area contributed by atoms with E-state index >= 15 is 0 Å². The summed E-state index contributed by atoms with van der Waals surface area (Å²) in [5, 5.41) is 0.177. The second kappa shape index (κ2) is 8.46. The van der Waals surface area contributed by atoms with Crippen molar-refractivity contribution in [1.29, 1.82) is 0 Å². The fourth-order valence-corrected chi connectivity index (χ4v) is 2.18. The number of rotatable bonds is 6. The Morgan fingerprint density at radius 1 is 1.11 bits per heavy atom. The first-order valence-electron chi connectivity index (χ1n) is 7.88. The van der Waals surface area contributed by atoms with Gasteiger partial charge < -0.3 is 14.2 Å². The third kappa shape index (κ3) is 5.15. The average molecular weight is 389 g/mol. The molecule has 0 aliphatic rings. The topological polar surface area (TPSA) is 70.5 Å². The van der Waals surface area contributed by atoms with Crippen LogP contribution < -0.4 is 14.2 Å². The molecular formula is C19H14ClFN2O4. The molecule has 0 saturated carbocycles. The van der Waals surface area contributed by atoms with Crippen molar-refractivity contribution in [2.75, 3.05) is 0 Å². The number of hydrogen-bond donors (Lipinski definition) is 0. The molecule has 27 heavy (non-hydrogen) atoms. The van der Waals surface area contributed by atoms with E-state index in [2.05, 4.69) is 9.97 Å². The zero-order valence-corrected chi connectivity index (χ0v) is 14.9. The summed E-state index contributed by atoms with van der Waals surface area (Å²) in [5.74, 6) is -0.324. The second-order valence-corrected chi connectivity index (χ2v) is 5.82. The normalized spacial score (nSPS) is 11.5. The van der Waals surface area contributed by atoms with Crippen molar-refractivity contribution in [2.24, 2.45) is 0 Å². The molecule has 0 aliphatic heterocycles. The molecule has 0 fully saturated rings. The van der Waals surface area contributed by atoms with E-state index in [4.69, 9.17) is 25.8 Å². The molecule has 0 unspecified atom stereocenters. The van der Waals surface area contributed by atoms with Gasteiger partial charge in [-0.2, -0.15) is 0 Å². The van der Waals surface area contributed by atoms with Gasteiger partial charge in [0, 0.05) is 12.4 Å². The van der Waals surface area contributed by atoms with Gasteiger partial charge >= 0.3 is 5.97 Å². The number of carbonyl (C=O) groups is 1. The maximum absolute atomic E-state index is 13.7. The maximum Gasteiger partial charge on any atom is 0.352 e. The number of hydrogen-bond acceptors (Lipinski definition) is 6. The lowest BCUT2D eigenvalue weighted by Crippen LogP contribution is -2.28. The van der Waals surface area contributed by atoms with Crippen LogP contribution in [0.25, 0.3) is 0 Å². The molecule has 2 heterocycles. The van der Waals surface area contributed by atoms with Crippen LogP contribution in [0.1, 0.15) is 6.92 Å². The van der Waals surface area contributed by atoms with Crippen LogP contribution in [0.5, 0.6) is 23.1 Å². The lowest BCUT2D eigenvalue weighted by molar-refractivity contribution is -0.141. The van der Waals surface area contributed by atoms with E-state index in [0.717, 1.165) is 6.07 Å². The number of pyridine rings is 2. The molecular weight excluding hydrogens is 375 g/mol. The molecule has 3 rings (SSSR count). The van der Waals surface area contributed by atoms with E-state index in [1.807, 2.05) is 0 Å². The van der Waals surface area contributed by atoms with Crippen molar-refractivity contribution in [2.45, 2.75) is 13.0 Å². The predicted molar refractivity (Wildman–Crippen MR) is 95.7 cm³/mol. The smallest absolute Gasteiger partial charge is 0.352 e. The molecule has 0 bridgehead atoms. The third-order valence-corrected chi connectivity index (χ3v) is 3.52. The quantitative estimate of drug-likeness (QED) is 0.581. The molecule has 0 N–H and O–H groups in total. The number of ether oxygens (including phenoxy) is 3. The Morgan fingerprint density at radius 2 is 1.85 bits per heavy atom. The van der Waals surface area contributed by atoms with E-state index in [1.165, 1.54) is 12.4 Å². The Hall–Kier alpha value is -3.19. The number of carbonyl (C=O) groups excluding carboxylic acids is 1. The summed E-state index contributed by atoms with van der Waals surface area (Å²) in [6.07, 6.45) is 3.45. The van der Waals surface area contributed by atoms with Crippen LogP contribution in [0.3, 0.4) is 0 Å². The fourth-order valence-electron chi connectivity index (χ4n) is 2.03. The summed E-state index contributed by atoms with van der Waals surface area (Å²) in [4.78, 5) is 19.7. The number of aromatic nitrogens is 2. The van der Waals surface area contributed by atoms with Crippen LogP contribution >= 0.6 is 11.6 Å². The Kier molecular flexibility index (Phi) is 5.83. The largest absolute Gasteiger partial charge is 0.479 e. The summed E-state index contributed by atoms with van der Waals surface area (Å²) in [6.45, 7) is 1.57. The van der Waals surface area contributed by atoms with Gasteiger partial charge in [-0.15, -0.1) is 0 Å². The molecule has 0 aliphatic carbocycles. The van der Waals surface area contributed by atoms with Gasteiger partial charge in [-0.1, -0.05) is 11.6 Å². The zero-order chi connectivity index (χ0) is 19.2. The molecule has 6 nitrogen and oxygen atoms in total. The minimum Gasteiger partial charge on any atom is -0.479 e. The number of nitrogens with zero attached hydrogens (tertiary/aromatic N) is 2. The molecule has 8 heteroatoms. The van der Waals surface area contributed by atoms with Gasteiger partial charge in [-0.05, 0) is 49.4 Å². The fraction of sp³-hybridized carbons (Fsp3) is 0.105. The lowest BCUT2D eigenvalue weighted by Gasteiger charge is -2.14. The molecule has 138 valence electrons. The summed E-state index contributed by atoms with van der Waals surface area (Å²) in [5.41, 5.74) is 0. The number of esters is 1. The Bertz CT molecular complexity index is 923. The lowest BCUT2D eigenvalue weighted by atomic mass is 10.3. The number of halogens is 2. The molecule has 1 atom stereocenters. The van der Waals surface area contributed by atoms with Gasteiger partial charge in [0.2, 0.25) is 0 Å². The molecule has 0 radical (unpaired) electrons. The summed E-state index contributed by atoms with van der Waals surface area (Å²) < 4.78 is 29.8. The third-order valence-electron chi connectivity index (χ3n) is 3.31. The van der Waals surface area contributed by atoms with Crippen LogP contribution in [0.15, 0.2) is 61.1 Å². The highest BCUT2D eigenvalue weighted by Gasteiger charge is 2.17. The van der Waals surface area contributed by atoms with Crippen LogP contribution in [-0.4, -0.2) is 22.0 Å². The first kappa shape index (κ1) is 18.6. The first-order chi connectivity index (χ1) is 13.0. The summed E-state index contributed by atoms with van der Waals surface area (Å²) >= 11 is 5.65. The second-order valence-electron chi connectivity index (χ2n) is 5.38. The van der Waals surface area contributed by atoms with Gasteiger partial charge in [0.25, 0.3) is 5.88 Å². The first-order valence-corrected chi connectivity index (χ1v) is 8.26. The van der Waals surface area contributed by atoms with Crippen molar-refractivity contribution in [3.05, 3.63) is 71.9 Å². The molecule has 2 aromatic heterocycles. The maximum atomic E-state index is 13.7. The molecule has 0 spiro atoms. The van der Waals surface area contributed by atoms with E-state index in [-0.39, 0.29) is 10.9 Å². The van der Waals surface area contributed by atoms with Crippen LogP contribution in [-0.2, 0) is 4.79 Å². The highest BCUT2D eigenvalue weighted by atomic mass is 35.5. The summed E-state index contributed by atoms with van der Waals surface area (Å²) in [6, 6.07) is 10.7. The minimum absolute atomic E-state index is 0.177. The Balaban J connectivity index is 1.59. The molecule has 0 amide bonds. The van der Waals surface area contributed by atoms with Gasteiger partial charge in [0.15, 0.2) is 11.9 Å². The van der Waals surface area contributed by atoms with Crippen molar-refractivity contribution >= 4 is 17.6 Å². The van der Waals surface area contributed by atoms with Crippen LogP contribution in [0, 0.1) is 5.82 Å². The Labute approximate surface area is 159 Å². The Morgan fingerprint density at radius 3 is 2.52 bits per heavy atom. The highest BCUT2D eigenvalue weighted by molar-refractivity contribution is 6.30. The monoisotopic (exact) mass is 388 g/mol. The van der Waals surface area contributed by atoms with E-state index < -0.39 is 17.9 Å². The molecule has 0 saturated heterocycles. The van der Waals surface area contributed by atoms with Crippen molar-refractivity contribution in [3.63, 3.8) is 0 Å². The zero-order valence-electron chi connectivity index (χ0n) is 14.1. The molecule has 1 aromatic carbocycles. The van der Waals surface area contributed by atoms with Gasteiger partial charge in [-0.25, -0.2) is 14.2 Å². The predicted octanol–water partition coefficient (Wildman–Crippen LogP) is 4.43. The average Bonchev–Trinajstić information content (AvgIpc) is 2.66. The SMILES string of the molecule is C[C@@H](Oc1ccc(Oc2ncc(Cl)cc2F)cc1)C(=O)Oc1cccnc1. The van der Waals surface area contributed by atoms with E-state index in [9.17, 15) is 9.18 Å². The number of benzene rings is 1.